The first-order valence-corrected chi connectivity index (χ1v) is 11.2. The number of rotatable bonds is 7. The Morgan fingerprint density at radius 1 is 0.909 bits per heavy atom. The Morgan fingerprint density at radius 3 is 2.42 bits per heavy atom. The SMILES string of the molecule is CCOc1ccc(-n2cc(-c3ccccc3)c3c(NCc4ccccc4Cl)ncnc32)cc1. The Bertz CT molecular complexity index is 1380. The molecule has 5 aromatic rings. The van der Waals surface area contributed by atoms with Crippen LogP contribution < -0.4 is 10.1 Å². The minimum absolute atomic E-state index is 0.564. The lowest BCUT2D eigenvalue weighted by Crippen LogP contribution is -2.03. The van der Waals surface area contributed by atoms with Gasteiger partial charge in [-0.05, 0) is 48.4 Å². The minimum atomic E-state index is 0.564. The predicted octanol–water partition coefficient (Wildman–Crippen LogP) is 6.75. The number of hydrogen-bond donors (Lipinski definition) is 1. The van der Waals surface area contributed by atoms with Gasteiger partial charge in [0, 0.05) is 29.0 Å². The van der Waals surface area contributed by atoms with Gasteiger partial charge in [-0.1, -0.05) is 60.1 Å². The summed E-state index contributed by atoms with van der Waals surface area (Å²) < 4.78 is 7.70. The fraction of sp³-hybridized carbons (Fsp3) is 0.111. The number of benzene rings is 3. The number of anilines is 1. The fourth-order valence-electron chi connectivity index (χ4n) is 3.92. The van der Waals surface area contributed by atoms with Crippen molar-refractivity contribution < 1.29 is 4.74 Å². The summed E-state index contributed by atoms with van der Waals surface area (Å²) in [5.41, 5.74) is 5.00. The first-order chi connectivity index (χ1) is 16.2. The summed E-state index contributed by atoms with van der Waals surface area (Å²) in [6.45, 7) is 3.18. The Hall–Kier alpha value is -3.83. The molecule has 1 N–H and O–H groups in total. The maximum atomic E-state index is 6.37. The Balaban J connectivity index is 1.62. The predicted molar refractivity (Wildman–Crippen MR) is 134 cm³/mol. The van der Waals surface area contributed by atoms with Crippen molar-refractivity contribution in [3.05, 3.63) is 102 Å². The van der Waals surface area contributed by atoms with Gasteiger partial charge in [0.15, 0.2) is 5.65 Å². The van der Waals surface area contributed by atoms with E-state index in [0.29, 0.717) is 13.2 Å². The number of nitrogens with one attached hydrogen (secondary N) is 1. The molecule has 5 nitrogen and oxygen atoms in total. The molecule has 3 aromatic carbocycles. The van der Waals surface area contributed by atoms with Gasteiger partial charge in [-0.2, -0.15) is 0 Å². The Morgan fingerprint density at radius 2 is 1.67 bits per heavy atom. The molecule has 0 aliphatic rings. The van der Waals surface area contributed by atoms with Crippen molar-refractivity contribution in [2.45, 2.75) is 13.5 Å². The lowest BCUT2D eigenvalue weighted by atomic mass is 10.1. The molecule has 0 amide bonds. The molecule has 5 rings (SSSR count). The normalized spacial score (nSPS) is 11.0. The van der Waals surface area contributed by atoms with Crippen LogP contribution in [-0.2, 0) is 6.54 Å². The van der Waals surface area contributed by atoms with Crippen molar-refractivity contribution in [1.82, 2.24) is 14.5 Å². The van der Waals surface area contributed by atoms with Crippen molar-refractivity contribution in [1.29, 1.82) is 0 Å². The molecule has 0 saturated heterocycles. The Labute approximate surface area is 197 Å². The number of hydrogen-bond acceptors (Lipinski definition) is 4. The van der Waals surface area contributed by atoms with Crippen LogP contribution in [0.25, 0.3) is 27.8 Å². The first kappa shape index (κ1) is 21.0. The molecule has 0 bridgehead atoms. The van der Waals surface area contributed by atoms with Gasteiger partial charge in [0.25, 0.3) is 0 Å². The topological polar surface area (TPSA) is 52.0 Å². The van der Waals surface area contributed by atoms with Crippen molar-refractivity contribution in [2.75, 3.05) is 11.9 Å². The standard InChI is InChI=1S/C27H23ClN4O/c1-2-33-22-14-12-21(13-15-22)32-17-23(19-8-4-3-5-9-19)25-26(30-18-31-27(25)32)29-16-20-10-6-7-11-24(20)28/h3-15,17-18H,2,16H2,1H3,(H,29,30,31). The second kappa shape index (κ2) is 9.35. The average molecular weight is 455 g/mol. The van der Waals surface area contributed by atoms with E-state index in [-0.39, 0.29) is 0 Å². The van der Waals surface area contributed by atoms with Crippen LogP contribution in [0.3, 0.4) is 0 Å². The van der Waals surface area contributed by atoms with Crippen molar-refractivity contribution in [2.24, 2.45) is 0 Å². The number of nitrogens with zero attached hydrogens (tertiary/aromatic N) is 3. The molecule has 6 heteroatoms. The van der Waals surface area contributed by atoms with E-state index in [1.54, 1.807) is 6.33 Å². The van der Waals surface area contributed by atoms with Crippen molar-refractivity contribution in [3.63, 3.8) is 0 Å². The maximum Gasteiger partial charge on any atom is 0.150 e. The van der Waals surface area contributed by atoms with E-state index in [4.69, 9.17) is 16.3 Å². The summed E-state index contributed by atoms with van der Waals surface area (Å²) in [7, 11) is 0. The molecular formula is C27H23ClN4O. The van der Waals surface area contributed by atoms with E-state index in [2.05, 4.69) is 38.2 Å². The van der Waals surface area contributed by atoms with Gasteiger partial charge in [-0.3, -0.25) is 0 Å². The van der Waals surface area contributed by atoms with Crippen molar-refractivity contribution >= 4 is 28.5 Å². The van der Waals surface area contributed by atoms with Gasteiger partial charge in [0.1, 0.15) is 17.9 Å². The van der Waals surface area contributed by atoms with Crippen LogP contribution in [0.4, 0.5) is 5.82 Å². The lowest BCUT2D eigenvalue weighted by molar-refractivity contribution is 0.340. The van der Waals surface area contributed by atoms with Gasteiger partial charge >= 0.3 is 0 Å². The van der Waals surface area contributed by atoms with Crippen LogP contribution in [0.5, 0.6) is 5.75 Å². The van der Waals surface area contributed by atoms with E-state index in [1.807, 2.05) is 73.7 Å². The van der Waals surface area contributed by atoms with E-state index in [9.17, 15) is 0 Å². The highest BCUT2D eigenvalue weighted by molar-refractivity contribution is 6.31. The molecule has 33 heavy (non-hydrogen) atoms. The molecule has 0 saturated carbocycles. The third-order valence-electron chi connectivity index (χ3n) is 5.50. The monoisotopic (exact) mass is 454 g/mol. The number of halogens is 1. The largest absolute Gasteiger partial charge is 0.494 e. The highest BCUT2D eigenvalue weighted by atomic mass is 35.5. The maximum absolute atomic E-state index is 6.37. The Kier molecular flexibility index (Phi) is 5.96. The zero-order valence-corrected chi connectivity index (χ0v) is 19.0. The van der Waals surface area contributed by atoms with Gasteiger partial charge in [0.05, 0.1) is 12.0 Å². The summed E-state index contributed by atoms with van der Waals surface area (Å²) in [5, 5.41) is 5.17. The molecular weight excluding hydrogens is 432 g/mol. The van der Waals surface area contributed by atoms with E-state index >= 15 is 0 Å². The van der Waals surface area contributed by atoms with Gasteiger partial charge in [-0.25, -0.2) is 9.97 Å². The highest BCUT2D eigenvalue weighted by Gasteiger charge is 2.17. The quantitative estimate of drug-likeness (QED) is 0.295. The summed E-state index contributed by atoms with van der Waals surface area (Å²) in [6.07, 6.45) is 3.71. The zero-order chi connectivity index (χ0) is 22.6. The second-order valence-electron chi connectivity index (χ2n) is 7.57. The van der Waals surface area contributed by atoms with Gasteiger partial charge in [0.2, 0.25) is 0 Å². The highest BCUT2D eigenvalue weighted by Crippen LogP contribution is 2.35. The smallest absolute Gasteiger partial charge is 0.150 e. The number of ether oxygens (including phenoxy) is 1. The van der Waals surface area contributed by atoms with Crippen LogP contribution in [0.15, 0.2) is 91.4 Å². The second-order valence-corrected chi connectivity index (χ2v) is 7.98. The third kappa shape index (κ3) is 4.28. The molecule has 0 radical (unpaired) electrons. The summed E-state index contributed by atoms with van der Waals surface area (Å²) in [6, 6.07) is 26.1. The van der Waals surface area contributed by atoms with Crippen molar-refractivity contribution in [3.8, 4) is 22.6 Å². The molecule has 164 valence electrons. The van der Waals surface area contributed by atoms with Crippen LogP contribution >= 0.6 is 11.6 Å². The molecule has 0 atom stereocenters. The minimum Gasteiger partial charge on any atom is -0.494 e. The van der Waals surface area contributed by atoms with E-state index < -0.39 is 0 Å². The number of fused-ring (bicyclic) bond motifs is 1. The average Bonchev–Trinajstić information content (AvgIpc) is 3.25. The summed E-state index contributed by atoms with van der Waals surface area (Å²) in [4.78, 5) is 9.23. The number of aromatic nitrogens is 3. The molecule has 0 fully saturated rings. The molecule has 2 heterocycles. The summed E-state index contributed by atoms with van der Waals surface area (Å²) in [5.74, 6) is 1.61. The fourth-order valence-corrected chi connectivity index (χ4v) is 4.12. The first-order valence-electron chi connectivity index (χ1n) is 10.9. The zero-order valence-electron chi connectivity index (χ0n) is 18.2. The van der Waals surface area contributed by atoms with E-state index in [0.717, 1.165) is 50.0 Å². The van der Waals surface area contributed by atoms with Crippen LogP contribution in [0, 0.1) is 0 Å². The third-order valence-corrected chi connectivity index (χ3v) is 5.87. The molecule has 2 aromatic heterocycles. The molecule has 0 aliphatic carbocycles. The van der Waals surface area contributed by atoms with Crippen LogP contribution in [-0.4, -0.2) is 21.1 Å². The van der Waals surface area contributed by atoms with Crippen LogP contribution in [0.1, 0.15) is 12.5 Å². The summed E-state index contributed by atoms with van der Waals surface area (Å²) >= 11 is 6.37. The van der Waals surface area contributed by atoms with E-state index in [1.165, 1.54) is 0 Å². The molecule has 0 spiro atoms. The van der Waals surface area contributed by atoms with Gasteiger partial charge < -0.3 is 14.6 Å². The van der Waals surface area contributed by atoms with Gasteiger partial charge in [-0.15, -0.1) is 0 Å². The molecule has 0 unspecified atom stereocenters. The van der Waals surface area contributed by atoms with Crippen LogP contribution in [0.2, 0.25) is 5.02 Å². The molecule has 0 aliphatic heterocycles. The lowest BCUT2D eigenvalue weighted by Gasteiger charge is -2.10.